The molecule has 5 nitrogen and oxygen atoms in total. The van der Waals surface area contributed by atoms with Crippen LogP contribution >= 0.6 is 11.6 Å². The zero-order valence-corrected chi connectivity index (χ0v) is 13.8. The topological polar surface area (TPSA) is 74.8 Å². The molecule has 0 aliphatic carbocycles. The molecule has 124 valence electrons. The number of nitrogens with zero attached hydrogens (tertiary/aromatic N) is 1. The third kappa shape index (κ3) is 4.43. The predicted molar refractivity (Wildman–Crippen MR) is 99.4 cm³/mol. The Labute approximate surface area is 149 Å². The maximum atomic E-state index is 12.1. The van der Waals surface area contributed by atoms with Gasteiger partial charge < -0.3 is 5.32 Å². The van der Waals surface area contributed by atoms with E-state index in [0.29, 0.717) is 16.4 Å². The Bertz CT molecular complexity index is 975. The molecule has 3 aromatic rings. The van der Waals surface area contributed by atoms with E-state index in [0.717, 1.165) is 11.1 Å². The smallest absolute Gasteiger partial charge is 0.264 e. The predicted octanol–water partition coefficient (Wildman–Crippen LogP) is 3.74. The van der Waals surface area contributed by atoms with Crippen molar-refractivity contribution in [3.05, 3.63) is 87.7 Å². The molecule has 2 N–H and O–H groups in total. The molecule has 1 aromatic heterocycles. The van der Waals surface area contributed by atoms with Crippen molar-refractivity contribution < 1.29 is 4.79 Å². The lowest BCUT2D eigenvalue weighted by atomic mass is 10.1. The number of carbonyl (C=O) groups excluding carboxylic acids is 1. The lowest BCUT2D eigenvalue weighted by Crippen LogP contribution is -2.08. The zero-order valence-electron chi connectivity index (χ0n) is 13.1. The summed E-state index contributed by atoms with van der Waals surface area (Å²) in [6.07, 6.45) is 3.08. The molecular weight excluding hydrogens is 338 g/mol. The summed E-state index contributed by atoms with van der Waals surface area (Å²) in [4.78, 5) is 23.2. The van der Waals surface area contributed by atoms with Gasteiger partial charge in [0.1, 0.15) is 0 Å². The van der Waals surface area contributed by atoms with Crippen molar-refractivity contribution in [1.82, 2.24) is 10.2 Å². The molecule has 0 unspecified atom stereocenters. The second kappa shape index (κ2) is 7.59. The van der Waals surface area contributed by atoms with Gasteiger partial charge in [-0.05, 0) is 35.9 Å². The molecule has 0 aliphatic rings. The zero-order chi connectivity index (χ0) is 17.6. The standard InChI is InChI=1S/C19H14ClN3O2/c20-16-7-2-1-4-13(16)8-10-18(24)21-15-6-3-5-14(12-15)17-9-11-19(25)23-22-17/h1-12H,(H,21,24)(H,23,25)/b10-8+. The number of hydrogen-bond donors (Lipinski definition) is 2. The van der Waals surface area contributed by atoms with E-state index >= 15 is 0 Å². The van der Waals surface area contributed by atoms with Gasteiger partial charge in [-0.3, -0.25) is 9.59 Å². The Morgan fingerprint density at radius 2 is 1.92 bits per heavy atom. The number of amides is 1. The highest BCUT2D eigenvalue weighted by Crippen LogP contribution is 2.20. The van der Waals surface area contributed by atoms with E-state index < -0.39 is 0 Å². The second-order valence-electron chi connectivity index (χ2n) is 5.23. The summed E-state index contributed by atoms with van der Waals surface area (Å²) < 4.78 is 0. The van der Waals surface area contributed by atoms with Gasteiger partial charge >= 0.3 is 0 Å². The summed E-state index contributed by atoms with van der Waals surface area (Å²) in [6.45, 7) is 0. The SMILES string of the molecule is O=C(/C=C/c1ccccc1Cl)Nc1cccc(-c2ccc(=O)[nH]n2)c1. The van der Waals surface area contributed by atoms with Crippen LogP contribution in [0.4, 0.5) is 5.69 Å². The van der Waals surface area contributed by atoms with Crippen molar-refractivity contribution in [2.45, 2.75) is 0 Å². The molecule has 1 amide bonds. The molecule has 2 aromatic carbocycles. The maximum absolute atomic E-state index is 12.1. The molecule has 0 aliphatic heterocycles. The Hall–Kier alpha value is -3.18. The molecule has 0 saturated heterocycles. The van der Waals surface area contributed by atoms with Gasteiger partial charge in [0.2, 0.25) is 5.91 Å². The fourth-order valence-corrected chi connectivity index (χ4v) is 2.42. The maximum Gasteiger partial charge on any atom is 0.264 e. The van der Waals surface area contributed by atoms with E-state index in [9.17, 15) is 9.59 Å². The molecule has 3 rings (SSSR count). The van der Waals surface area contributed by atoms with Crippen LogP contribution in [0.5, 0.6) is 0 Å². The number of aromatic nitrogens is 2. The van der Waals surface area contributed by atoms with E-state index in [1.807, 2.05) is 24.3 Å². The minimum atomic E-state index is -0.272. The quantitative estimate of drug-likeness (QED) is 0.703. The first-order valence-electron chi connectivity index (χ1n) is 7.51. The summed E-state index contributed by atoms with van der Waals surface area (Å²) >= 11 is 6.05. The third-order valence-electron chi connectivity index (χ3n) is 3.42. The van der Waals surface area contributed by atoms with Gasteiger partial charge in [0.25, 0.3) is 5.56 Å². The highest BCUT2D eigenvalue weighted by atomic mass is 35.5. The number of aromatic amines is 1. The van der Waals surface area contributed by atoms with Crippen molar-refractivity contribution in [2.24, 2.45) is 0 Å². The van der Waals surface area contributed by atoms with Crippen LogP contribution in [0, 0.1) is 0 Å². The minimum absolute atomic E-state index is 0.266. The van der Waals surface area contributed by atoms with Gasteiger partial charge in [-0.1, -0.05) is 41.9 Å². The summed E-state index contributed by atoms with van der Waals surface area (Å²) in [7, 11) is 0. The Balaban J connectivity index is 1.73. The van der Waals surface area contributed by atoms with Crippen LogP contribution in [0.3, 0.4) is 0 Å². The normalized spacial score (nSPS) is 10.8. The van der Waals surface area contributed by atoms with E-state index in [-0.39, 0.29) is 11.5 Å². The van der Waals surface area contributed by atoms with Crippen molar-refractivity contribution in [3.63, 3.8) is 0 Å². The number of H-pyrrole nitrogens is 1. The van der Waals surface area contributed by atoms with Crippen LogP contribution in [-0.4, -0.2) is 16.1 Å². The van der Waals surface area contributed by atoms with Crippen molar-refractivity contribution in [2.75, 3.05) is 5.32 Å². The molecule has 25 heavy (non-hydrogen) atoms. The van der Waals surface area contributed by atoms with Gasteiger partial charge in [-0.25, -0.2) is 5.10 Å². The third-order valence-corrected chi connectivity index (χ3v) is 3.77. The summed E-state index contributed by atoms with van der Waals surface area (Å²) in [6, 6.07) is 17.5. The molecule has 6 heteroatoms. The van der Waals surface area contributed by atoms with Crippen molar-refractivity contribution in [1.29, 1.82) is 0 Å². The first-order valence-corrected chi connectivity index (χ1v) is 7.89. The number of anilines is 1. The van der Waals surface area contributed by atoms with E-state index in [2.05, 4.69) is 15.5 Å². The minimum Gasteiger partial charge on any atom is -0.322 e. The average Bonchev–Trinajstić information content (AvgIpc) is 2.62. The van der Waals surface area contributed by atoms with Crippen LogP contribution < -0.4 is 10.9 Å². The van der Waals surface area contributed by atoms with Crippen molar-refractivity contribution in [3.8, 4) is 11.3 Å². The van der Waals surface area contributed by atoms with Gasteiger partial charge in [0.15, 0.2) is 0 Å². The first-order chi connectivity index (χ1) is 12.1. The number of benzene rings is 2. The van der Waals surface area contributed by atoms with Gasteiger partial charge in [-0.2, -0.15) is 5.10 Å². The highest BCUT2D eigenvalue weighted by Gasteiger charge is 2.03. The lowest BCUT2D eigenvalue weighted by Gasteiger charge is -2.05. The van der Waals surface area contributed by atoms with E-state index in [1.54, 1.807) is 36.4 Å². The number of carbonyl (C=O) groups is 1. The summed E-state index contributed by atoms with van der Waals surface area (Å²) in [5.74, 6) is -0.272. The van der Waals surface area contributed by atoms with Crippen LogP contribution in [0.1, 0.15) is 5.56 Å². The van der Waals surface area contributed by atoms with E-state index in [1.165, 1.54) is 12.1 Å². The molecular formula is C19H14ClN3O2. The van der Waals surface area contributed by atoms with E-state index in [4.69, 9.17) is 11.6 Å². The van der Waals surface area contributed by atoms with Gasteiger partial charge in [0.05, 0.1) is 5.69 Å². The summed E-state index contributed by atoms with van der Waals surface area (Å²) in [5.41, 5.74) is 2.52. The Morgan fingerprint density at radius 1 is 1.08 bits per heavy atom. The van der Waals surface area contributed by atoms with Crippen molar-refractivity contribution >= 4 is 29.3 Å². The van der Waals surface area contributed by atoms with Crippen LogP contribution in [-0.2, 0) is 4.79 Å². The fraction of sp³-hybridized carbons (Fsp3) is 0. The summed E-state index contributed by atoms with van der Waals surface area (Å²) in [5, 5.41) is 9.73. The first kappa shape index (κ1) is 16.7. The average molecular weight is 352 g/mol. The molecule has 0 bridgehead atoms. The number of halogens is 1. The Morgan fingerprint density at radius 3 is 2.68 bits per heavy atom. The molecule has 0 spiro atoms. The van der Waals surface area contributed by atoms with Crippen LogP contribution in [0.2, 0.25) is 5.02 Å². The molecule has 0 fully saturated rings. The number of nitrogens with one attached hydrogen (secondary N) is 2. The molecule has 0 radical (unpaired) electrons. The number of rotatable bonds is 4. The lowest BCUT2D eigenvalue weighted by molar-refractivity contribution is -0.111. The monoisotopic (exact) mass is 351 g/mol. The van der Waals surface area contributed by atoms with Gasteiger partial charge in [-0.15, -0.1) is 0 Å². The van der Waals surface area contributed by atoms with Gasteiger partial charge in [0, 0.05) is 28.4 Å². The van der Waals surface area contributed by atoms with Crippen LogP contribution in [0.25, 0.3) is 17.3 Å². The molecule has 0 atom stereocenters. The number of hydrogen-bond acceptors (Lipinski definition) is 3. The van der Waals surface area contributed by atoms with Crippen LogP contribution in [0.15, 0.2) is 71.5 Å². The fourth-order valence-electron chi connectivity index (χ4n) is 2.22. The Kier molecular flexibility index (Phi) is 5.06. The highest BCUT2D eigenvalue weighted by molar-refractivity contribution is 6.32. The largest absolute Gasteiger partial charge is 0.322 e. The molecule has 1 heterocycles. The second-order valence-corrected chi connectivity index (χ2v) is 5.64. The molecule has 0 saturated carbocycles.